The Morgan fingerprint density at radius 1 is 1.50 bits per heavy atom. The highest BCUT2D eigenvalue weighted by molar-refractivity contribution is 9.10. The van der Waals surface area contributed by atoms with Crippen LogP contribution in [0.3, 0.4) is 0 Å². The zero-order chi connectivity index (χ0) is 9.35. The molecule has 1 aromatic rings. The molecule has 0 saturated heterocycles. The van der Waals surface area contributed by atoms with Crippen LogP contribution in [0, 0.1) is 5.21 Å². The molecule has 0 bridgehead atoms. The van der Waals surface area contributed by atoms with Gasteiger partial charge in [0.25, 0.3) is 4.60 Å². The third kappa shape index (κ3) is 1.95. The van der Waals surface area contributed by atoms with Crippen molar-refractivity contribution in [1.82, 2.24) is 0 Å². The van der Waals surface area contributed by atoms with Gasteiger partial charge < -0.3 is 10.3 Å². The molecular weight excluding hydrogens is 222 g/mol. The minimum Gasteiger partial charge on any atom is -0.618 e. The zero-order valence-electron chi connectivity index (χ0n) is 6.91. The fourth-order valence-electron chi connectivity index (χ4n) is 0.825. The highest BCUT2D eigenvalue weighted by atomic mass is 79.9. The summed E-state index contributed by atoms with van der Waals surface area (Å²) in [5, 5.41) is 20.6. The van der Waals surface area contributed by atoms with Gasteiger partial charge >= 0.3 is 0 Å². The number of aromatic nitrogens is 1. The maximum atomic E-state index is 11.0. The first-order valence-electron chi connectivity index (χ1n) is 3.53. The van der Waals surface area contributed by atoms with E-state index in [-0.39, 0.29) is 0 Å². The zero-order valence-corrected chi connectivity index (χ0v) is 8.50. The molecule has 0 atom stereocenters. The van der Waals surface area contributed by atoms with E-state index in [9.17, 15) is 10.3 Å². The van der Waals surface area contributed by atoms with E-state index in [2.05, 4.69) is 15.9 Å². The van der Waals surface area contributed by atoms with E-state index >= 15 is 0 Å². The Balaban J connectivity index is 3.14. The Labute approximate surface area is 79.4 Å². The van der Waals surface area contributed by atoms with Gasteiger partial charge in [0, 0.05) is 27.6 Å². The van der Waals surface area contributed by atoms with Crippen LogP contribution in [0.25, 0.3) is 0 Å². The molecule has 0 spiro atoms. The Kier molecular flexibility index (Phi) is 2.39. The molecule has 1 N–H and O–H groups in total. The fourth-order valence-corrected chi connectivity index (χ4v) is 1.06. The topological polar surface area (TPSA) is 47.2 Å². The molecule has 66 valence electrons. The first-order chi connectivity index (χ1) is 5.41. The van der Waals surface area contributed by atoms with Crippen LogP contribution in [0.1, 0.15) is 19.4 Å². The number of hydrogen-bond acceptors (Lipinski definition) is 2. The third-order valence-electron chi connectivity index (χ3n) is 1.57. The molecule has 0 fully saturated rings. The van der Waals surface area contributed by atoms with E-state index in [0.717, 1.165) is 0 Å². The number of rotatable bonds is 1. The number of hydrogen-bond donors (Lipinski definition) is 1. The number of aliphatic hydroxyl groups is 1. The maximum Gasteiger partial charge on any atom is 0.259 e. The summed E-state index contributed by atoms with van der Waals surface area (Å²) in [6.07, 6.45) is 1.35. The molecule has 12 heavy (non-hydrogen) atoms. The van der Waals surface area contributed by atoms with Crippen LogP contribution in [0.15, 0.2) is 22.9 Å². The lowest BCUT2D eigenvalue weighted by Crippen LogP contribution is -2.30. The molecular formula is C8H10BrNO2. The summed E-state index contributed by atoms with van der Waals surface area (Å²) in [4.78, 5) is 0. The molecule has 1 rings (SSSR count). The average molecular weight is 232 g/mol. The summed E-state index contributed by atoms with van der Waals surface area (Å²) in [6, 6.07) is 3.32. The van der Waals surface area contributed by atoms with Crippen LogP contribution in [0.4, 0.5) is 0 Å². The standard InChI is InChI=1S/C8H10BrNO2/c1-8(2,11)6-3-4-7(9)10(12)5-6/h3-5,11H,1-2H3. The van der Waals surface area contributed by atoms with Crippen LogP contribution < -0.4 is 4.73 Å². The van der Waals surface area contributed by atoms with Gasteiger partial charge in [-0.3, -0.25) is 0 Å². The van der Waals surface area contributed by atoms with E-state index < -0.39 is 5.60 Å². The molecule has 1 aromatic heterocycles. The smallest absolute Gasteiger partial charge is 0.259 e. The van der Waals surface area contributed by atoms with Crippen LogP contribution in [-0.4, -0.2) is 5.11 Å². The Morgan fingerprint density at radius 2 is 2.08 bits per heavy atom. The van der Waals surface area contributed by atoms with E-state index in [4.69, 9.17) is 0 Å². The fraction of sp³-hybridized carbons (Fsp3) is 0.375. The van der Waals surface area contributed by atoms with Crippen molar-refractivity contribution in [2.24, 2.45) is 0 Å². The predicted octanol–water partition coefficient (Wildman–Crippen LogP) is 1.31. The van der Waals surface area contributed by atoms with Crippen molar-refractivity contribution in [2.75, 3.05) is 0 Å². The van der Waals surface area contributed by atoms with Gasteiger partial charge in [-0.05, 0) is 19.9 Å². The Morgan fingerprint density at radius 3 is 2.50 bits per heavy atom. The molecule has 0 aromatic carbocycles. The minimum absolute atomic E-state index is 0.440. The first kappa shape index (κ1) is 9.48. The van der Waals surface area contributed by atoms with E-state index in [0.29, 0.717) is 14.9 Å². The van der Waals surface area contributed by atoms with E-state index in [1.54, 1.807) is 26.0 Å². The van der Waals surface area contributed by atoms with Crippen molar-refractivity contribution in [3.05, 3.63) is 33.7 Å². The van der Waals surface area contributed by atoms with Crippen molar-refractivity contribution >= 4 is 15.9 Å². The van der Waals surface area contributed by atoms with Crippen LogP contribution >= 0.6 is 15.9 Å². The number of pyridine rings is 1. The van der Waals surface area contributed by atoms with Gasteiger partial charge in [-0.2, -0.15) is 4.73 Å². The molecule has 0 radical (unpaired) electrons. The van der Waals surface area contributed by atoms with Gasteiger partial charge in [-0.1, -0.05) is 0 Å². The van der Waals surface area contributed by atoms with Gasteiger partial charge in [0.15, 0.2) is 6.20 Å². The van der Waals surface area contributed by atoms with Gasteiger partial charge in [-0.25, -0.2) is 0 Å². The molecule has 0 amide bonds. The van der Waals surface area contributed by atoms with Crippen molar-refractivity contribution in [2.45, 2.75) is 19.4 Å². The molecule has 4 heteroatoms. The highest BCUT2D eigenvalue weighted by Crippen LogP contribution is 2.18. The Hall–Kier alpha value is -0.610. The molecule has 0 aliphatic heterocycles. The summed E-state index contributed by atoms with van der Waals surface area (Å²) < 4.78 is 1.11. The van der Waals surface area contributed by atoms with E-state index in [1.165, 1.54) is 6.20 Å². The summed E-state index contributed by atoms with van der Waals surface area (Å²) in [7, 11) is 0. The summed E-state index contributed by atoms with van der Waals surface area (Å²) in [6.45, 7) is 3.27. The monoisotopic (exact) mass is 231 g/mol. The largest absolute Gasteiger partial charge is 0.618 e. The van der Waals surface area contributed by atoms with Crippen molar-refractivity contribution in [3.8, 4) is 0 Å². The maximum absolute atomic E-state index is 11.0. The van der Waals surface area contributed by atoms with Crippen LogP contribution in [0.5, 0.6) is 0 Å². The minimum atomic E-state index is -0.965. The third-order valence-corrected chi connectivity index (χ3v) is 2.19. The van der Waals surface area contributed by atoms with Gasteiger partial charge in [0.1, 0.15) is 0 Å². The number of halogens is 1. The second-order valence-electron chi connectivity index (χ2n) is 3.13. The summed E-state index contributed by atoms with van der Waals surface area (Å²) >= 11 is 3.06. The second kappa shape index (κ2) is 3.03. The van der Waals surface area contributed by atoms with Crippen LogP contribution in [0.2, 0.25) is 0 Å². The molecule has 0 aliphatic carbocycles. The molecule has 1 heterocycles. The molecule has 3 nitrogen and oxygen atoms in total. The summed E-state index contributed by atoms with van der Waals surface area (Å²) in [5.74, 6) is 0. The van der Waals surface area contributed by atoms with Gasteiger partial charge in [0.2, 0.25) is 0 Å². The van der Waals surface area contributed by atoms with E-state index in [1.807, 2.05) is 0 Å². The Bertz CT molecular complexity index is 294. The lowest BCUT2D eigenvalue weighted by atomic mass is 10.0. The lowest BCUT2D eigenvalue weighted by Gasteiger charge is -2.16. The predicted molar refractivity (Wildman–Crippen MR) is 48.3 cm³/mol. The lowest BCUT2D eigenvalue weighted by molar-refractivity contribution is -0.618. The normalized spacial score (nSPS) is 11.7. The molecule has 0 saturated carbocycles. The SMILES string of the molecule is CC(C)(O)c1ccc(Br)[n+]([O-])c1. The van der Waals surface area contributed by atoms with Crippen molar-refractivity contribution in [3.63, 3.8) is 0 Å². The highest BCUT2D eigenvalue weighted by Gasteiger charge is 2.19. The summed E-state index contributed by atoms with van der Waals surface area (Å²) in [5.41, 5.74) is -0.368. The van der Waals surface area contributed by atoms with Crippen molar-refractivity contribution in [1.29, 1.82) is 0 Å². The molecule has 0 aliphatic rings. The molecule has 0 unspecified atom stereocenters. The van der Waals surface area contributed by atoms with Crippen molar-refractivity contribution < 1.29 is 9.84 Å². The quantitative estimate of drug-likeness (QED) is 0.450. The van der Waals surface area contributed by atoms with Gasteiger partial charge in [-0.15, -0.1) is 0 Å². The average Bonchev–Trinajstić information content (AvgIpc) is 1.92. The first-order valence-corrected chi connectivity index (χ1v) is 4.32. The van der Waals surface area contributed by atoms with Crippen LogP contribution in [-0.2, 0) is 5.60 Å². The van der Waals surface area contributed by atoms with Gasteiger partial charge in [0.05, 0.1) is 5.60 Å². The second-order valence-corrected chi connectivity index (χ2v) is 3.94. The number of nitrogens with zero attached hydrogens (tertiary/aromatic N) is 1.